The Kier molecular flexibility index (Phi) is 4.19. The first kappa shape index (κ1) is 16.5. The minimum Gasteiger partial charge on any atom is -0.393 e. The number of hydrogen-bond acceptors (Lipinski definition) is 10. The van der Waals surface area contributed by atoms with Crippen LogP contribution in [-0.2, 0) is 18.9 Å². The van der Waals surface area contributed by atoms with Gasteiger partial charge in [0, 0.05) is 0 Å². The molecule has 0 aromatic rings. The van der Waals surface area contributed by atoms with Gasteiger partial charge in [-0.2, -0.15) is 0 Å². The lowest BCUT2D eigenvalue weighted by Crippen LogP contribution is -2.55. The number of rotatable bonds is 2. The molecule has 3 rings (SSSR count). The van der Waals surface area contributed by atoms with Crippen LogP contribution in [0.2, 0.25) is 0 Å². The molecule has 4 bridgehead atoms. The molecule has 8 atom stereocenters. The van der Waals surface area contributed by atoms with Crippen LogP contribution in [0.15, 0.2) is 0 Å². The molecule has 0 radical (unpaired) electrons. The van der Waals surface area contributed by atoms with Crippen molar-refractivity contribution in [3.8, 4) is 0 Å². The van der Waals surface area contributed by atoms with Crippen molar-refractivity contribution in [1.29, 1.82) is 0 Å². The van der Waals surface area contributed by atoms with Crippen molar-refractivity contribution in [2.75, 3.05) is 26.4 Å². The molecule has 22 heavy (non-hydrogen) atoms. The van der Waals surface area contributed by atoms with Gasteiger partial charge in [0.2, 0.25) is 0 Å². The highest BCUT2D eigenvalue weighted by Gasteiger charge is 2.60. The maximum absolute atomic E-state index is 10.3. The molecule has 0 aromatic carbocycles. The van der Waals surface area contributed by atoms with Crippen molar-refractivity contribution in [3.63, 3.8) is 0 Å². The van der Waals surface area contributed by atoms with Gasteiger partial charge in [0.25, 0.3) is 0 Å². The van der Waals surface area contributed by atoms with Gasteiger partial charge in [0.1, 0.15) is 24.4 Å². The van der Waals surface area contributed by atoms with Gasteiger partial charge >= 0.3 is 0 Å². The van der Waals surface area contributed by atoms with Crippen LogP contribution in [0.1, 0.15) is 0 Å². The fourth-order valence-electron chi connectivity index (χ4n) is 2.95. The predicted molar refractivity (Wildman–Crippen MR) is 65.3 cm³/mol. The molecule has 10 nitrogen and oxygen atoms in total. The summed E-state index contributed by atoms with van der Waals surface area (Å²) in [5, 5.41) is 59.3. The second kappa shape index (κ2) is 5.60. The second-order valence-corrected chi connectivity index (χ2v) is 5.87. The molecule has 3 heterocycles. The lowest BCUT2D eigenvalue weighted by molar-refractivity contribution is -0.260. The van der Waals surface area contributed by atoms with Crippen molar-refractivity contribution in [3.05, 3.63) is 0 Å². The highest BCUT2D eigenvalue weighted by molar-refractivity contribution is 5.04. The standard InChI is InChI=1S/C12H20O10/c13-3-11(17)7(15)5-1-19-9-12(18,4-14)8(16)6(22-9)2-20-10(11)21-5/h5-10,13-18H,1-4H2. The maximum atomic E-state index is 10.3. The van der Waals surface area contributed by atoms with Crippen LogP contribution in [0.4, 0.5) is 0 Å². The van der Waals surface area contributed by atoms with Gasteiger partial charge in [-0.1, -0.05) is 0 Å². The first-order chi connectivity index (χ1) is 10.4. The van der Waals surface area contributed by atoms with E-state index in [0.717, 1.165) is 0 Å². The van der Waals surface area contributed by atoms with Crippen LogP contribution >= 0.6 is 0 Å². The summed E-state index contributed by atoms with van der Waals surface area (Å²) in [5.74, 6) is 0. The average Bonchev–Trinajstić information content (AvgIpc) is 2.90. The third-order valence-corrected chi connectivity index (χ3v) is 4.47. The first-order valence-electron chi connectivity index (χ1n) is 6.93. The van der Waals surface area contributed by atoms with Crippen LogP contribution in [0.5, 0.6) is 0 Å². The Morgan fingerprint density at radius 1 is 0.773 bits per heavy atom. The van der Waals surface area contributed by atoms with E-state index in [0.29, 0.717) is 0 Å². The van der Waals surface area contributed by atoms with Gasteiger partial charge in [-0.3, -0.25) is 0 Å². The Balaban J connectivity index is 1.84. The van der Waals surface area contributed by atoms with Crippen LogP contribution in [0, 0.1) is 0 Å². The molecular formula is C12H20O10. The Bertz CT molecular complexity index is 383. The van der Waals surface area contributed by atoms with Crippen molar-refractivity contribution in [2.45, 2.75) is 48.2 Å². The smallest absolute Gasteiger partial charge is 0.191 e. The zero-order valence-electron chi connectivity index (χ0n) is 11.6. The number of ether oxygens (including phenoxy) is 4. The Labute approximate surface area is 125 Å². The fraction of sp³-hybridized carbons (Fsp3) is 1.00. The average molecular weight is 324 g/mol. The normalized spacial score (nSPS) is 55.4. The molecule has 6 N–H and O–H groups in total. The summed E-state index contributed by atoms with van der Waals surface area (Å²) in [6.45, 7) is -2.22. The molecule has 128 valence electrons. The van der Waals surface area contributed by atoms with Crippen LogP contribution in [0.3, 0.4) is 0 Å². The SMILES string of the molecule is OCC1(O)C2OCC3OC(OCC(O2)C1O)C(O)(CO)C3O. The van der Waals surface area contributed by atoms with Crippen molar-refractivity contribution >= 4 is 0 Å². The number of aliphatic hydroxyl groups is 6. The van der Waals surface area contributed by atoms with E-state index in [1.54, 1.807) is 0 Å². The van der Waals surface area contributed by atoms with Gasteiger partial charge < -0.3 is 49.6 Å². The van der Waals surface area contributed by atoms with E-state index in [1.165, 1.54) is 0 Å². The largest absolute Gasteiger partial charge is 0.393 e. The quantitative estimate of drug-likeness (QED) is 0.293. The minimum atomic E-state index is -2.03. The summed E-state index contributed by atoms with van der Waals surface area (Å²) in [5.41, 5.74) is -4.06. The van der Waals surface area contributed by atoms with Crippen molar-refractivity contribution in [1.82, 2.24) is 0 Å². The first-order valence-corrected chi connectivity index (χ1v) is 6.93. The monoisotopic (exact) mass is 324 g/mol. The third-order valence-electron chi connectivity index (χ3n) is 4.47. The molecule has 3 fully saturated rings. The zero-order valence-corrected chi connectivity index (χ0v) is 11.6. The van der Waals surface area contributed by atoms with E-state index < -0.39 is 61.4 Å². The summed E-state index contributed by atoms with van der Waals surface area (Å²) in [7, 11) is 0. The summed E-state index contributed by atoms with van der Waals surface area (Å²) >= 11 is 0. The summed E-state index contributed by atoms with van der Waals surface area (Å²) in [6, 6.07) is 0. The molecule has 3 aliphatic heterocycles. The molecule has 0 amide bonds. The van der Waals surface area contributed by atoms with Gasteiger partial charge in [-0.15, -0.1) is 0 Å². The van der Waals surface area contributed by atoms with E-state index >= 15 is 0 Å². The molecule has 0 aliphatic carbocycles. The highest BCUT2D eigenvalue weighted by Crippen LogP contribution is 2.37. The number of hydrogen-bond donors (Lipinski definition) is 6. The van der Waals surface area contributed by atoms with Crippen molar-refractivity contribution in [2.24, 2.45) is 0 Å². The lowest BCUT2D eigenvalue weighted by Gasteiger charge is -2.31. The Morgan fingerprint density at radius 3 is 1.45 bits per heavy atom. The molecule has 10 heteroatoms. The maximum Gasteiger partial charge on any atom is 0.191 e. The van der Waals surface area contributed by atoms with E-state index in [2.05, 4.69) is 0 Å². The molecule has 0 saturated carbocycles. The lowest BCUT2D eigenvalue weighted by atomic mass is 9.94. The van der Waals surface area contributed by atoms with E-state index in [-0.39, 0.29) is 13.2 Å². The van der Waals surface area contributed by atoms with Crippen molar-refractivity contribution < 1.29 is 49.6 Å². The molecule has 8 unspecified atom stereocenters. The fourth-order valence-corrected chi connectivity index (χ4v) is 2.95. The molecule has 3 saturated heterocycles. The molecule has 0 aromatic heterocycles. The Hall–Kier alpha value is -0.400. The Morgan fingerprint density at radius 2 is 1.14 bits per heavy atom. The van der Waals surface area contributed by atoms with Gasteiger partial charge in [-0.05, 0) is 0 Å². The summed E-state index contributed by atoms with van der Waals surface area (Å²) < 4.78 is 21.3. The number of fused-ring (bicyclic) bond motifs is 4. The molecule has 0 spiro atoms. The summed E-state index contributed by atoms with van der Waals surface area (Å²) in [6.07, 6.45) is -7.74. The van der Waals surface area contributed by atoms with Gasteiger partial charge in [0.05, 0.1) is 26.4 Å². The van der Waals surface area contributed by atoms with E-state index in [9.17, 15) is 30.6 Å². The predicted octanol–water partition coefficient (Wildman–Crippen LogP) is -4.35. The zero-order chi connectivity index (χ0) is 16.1. The molecule has 3 aliphatic rings. The third kappa shape index (κ3) is 2.19. The van der Waals surface area contributed by atoms with E-state index in [1.807, 2.05) is 0 Å². The summed E-state index contributed by atoms with van der Waals surface area (Å²) in [4.78, 5) is 0. The van der Waals surface area contributed by atoms with Gasteiger partial charge in [-0.25, -0.2) is 0 Å². The van der Waals surface area contributed by atoms with Crippen LogP contribution in [0.25, 0.3) is 0 Å². The molecular weight excluding hydrogens is 304 g/mol. The highest BCUT2D eigenvalue weighted by atomic mass is 16.8. The topological polar surface area (TPSA) is 158 Å². The van der Waals surface area contributed by atoms with Crippen LogP contribution in [-0.4, -0.2) is 105 Å². The number of aliphatic hydroxyl groups excluding tert-OH is 4. The minimum absolute atomic E-state index is 0.310. The van der Waals surface area contributed by atoms with Crippen LogP contribution < -0.4 is 0 Å². The second-order valence-electron chi connectivity index (χ2n) is 5.87. The van der Waals surface area contributed by atoms with Gasteiger partial charge in [0.15, 0.2) is 23.8 Å². The van der Waals surface area contributed by atoms with E-state index in [4.69, 9.17) is 18.9 Å².